The summed E-state index contributed by atoms with van der Waals surface area (Å²) < 4.78 is 46.1. The van der Waals surface area contributed by atoms with E-state index in [1.165, 1.54) is 25.3 Å². The van der Waals surface area contributed by atoms with Crippen molar-refractivity contribution in [2.75, 3.05) is 17.1 Å². The topological polar surface area (TPSA) is 109 Å². The molecule has 2 aromatic carbocycles. The second kappa shape index (κ2) is 8.83. The third-order valence-electron chi connectivity index (χ3n) is 5.08. The van der Waals surface area contributed by atoms with Gasteiger partial charge in [-0.05, 0) is 41.5 Å². The highest BCUT2D eigenvalue weighted by molar-refractivity contribution is 7.92. The molecular formula is C22H21FN4O4S. The molecule has 8 nitrogen and oxygen atoms in total. The summed E-state index contributed by atoms with van der Waals surface area (Å²) in [6.07, 6.45) is 3.97. The molecule has 0 aliphatic carbocycles. The molecule has 1 atom stereocenters. The first kappa shape index (κ1) is 21.6. The summed E-state index contributed by atoms with van der Waals surface area (Å²) in [4.78, 5) is 16.6. The fourth-order valence-electron chi connectivity index (χ4n) is 3.40. The Morgan fingerprint density at radius 2 is 2.00 bits per heavy atom. The predicted octanol–water partition coefficient (Wildman–Crippen LogP) is 2.68. The number of rotatable bonds is 7. The number of nitrogens with one attached hydrogen (secondary N) is 3. The number of carbonyl (C=O) groups is 1. The van der Waals surface area contributed by atoms with E-state index in [0.717, 1.165) is 28.9 Å². The second-order valence-electron chi connectivity index (χ2n) is 7.25. The van der Waals surface area contributed by atoms with Gasteiger partial charge < -0.3 is 15.4 Å². The molecule has 0 spiro atoms. The number of hydrogen-bond donors (Lipinski definition) is 3. The van der Waals surface area contributed by atoms with Gasteiger partial charge in [-0.2, -0.15) is 0 Å². The third kappa shape index (κ3) is 4.65. The molecule has 4 rings (SSSR count). The number of methoxy groups -OCH3 is 1. The summed E-state index contributed by atoms with van der Waals surface area (Å²) in [6.45, 7) is 0.255. The zero-order chi connectivity index (χ0) is 22.7. The van der Waals surface area contributed by atoms with Crippen LogP contribution in [0.3, 0.4) is 0 Å². The van der Waals surface area contributed by atoms with Crippen molar-refractivity contribution in [3.8, 4) is 5.75 Å². The van der Waals surface area contributed by atoms with Crippen molar-refractivity contribution in [1.82, 2.24) is 10.3 Å². The number of pyridine rings is 1. The third-order valence-corrected chi connectivity index (χ3v) is 6.46. The van der Waals surface area contributed by atoms with Crippen LogP contribution in [-0.2, 0) is 27.8 Å². The molecule has 0 saturated carbocycles. The average Bonchev–Trinajstić information content (AvgIpc) is 3.23. The molecule has 3 aromatic rings. The lowest BCUT2D eigenvalue weighted by Gasteiger charge is -2.13. The minimum absolute atomic E-state index is 0.0272. The Balaban J connectivity index is 1.37. The van der Waals surface area contributed by atoms with Gasteiger partial charge in [-0.3, -0.25) is 14.5 Å². The highest BCUT2D eigenvalue weighted by atomic mass is 32.2. The van der Waals surface area contributed by atoms with Crippen LogP contribution in [0.25, 0.3) is 0 Å². The molecule has 1 aliphatic rings. The lowest BCUT2D eigenvalue weighted by Crippen LogP contribution is -2.38. The van der Waals surface area contributed by atoms with Crippen molar-refractivity contribution in [2.24, 2.45) is 0 Å². The van der Waals surface area contributed by atoms with Crippen molar-refractivity contribution >= 4 is 27.3 Å². The first-order chi connectivity index (χ1) is 15.4. The maximum Gasteiger partial charge on any atom is 0.262 e. The highest BCUT2D eigenvalue weighted by Crippen LogP contribution is 2.28. The van der Waals surface area contributed by atoms with Gasteiger partial charge in [0.2, 0.25) is 5.91 Å². The Morgan fingerprint density at radius 3 is 2.72 bits per heavy atom. The number of benzene rings is 2. The molecule has 1 unspecified atom stereocenters. The SMILES string of the molecule is COc1cc(F)ccc1NS(=O)(=O)c1ccc(CNC(=O)C2Cc3cnccc3N2)cc1. The van der Waals surface area contributed by atoms with Crippen molar-refractivity contribution in [1.29, 1.82) is 0 Å². The smallest absolute Gasteiger partial charge is 0.262 e. The summed E-state index contributed by atoms with van der Waals surface area (Å²) in [6, 6.07) is 11.1. The average molecular weight is 456 g/mol. The van der Waals surface area contributed by atoms with E-state index in [1.807, 2.05) is 6.07 Å². The van der Waals surface area contributed by atoms with E-state index in [4.69, 9.17) is 4.74 Å². The summed E-state index contributed by atoms with van der Waals surface area (Å²) in [5.41, 5.74) is 2.77. The fourth-order valence-corrected chi connectivity index (χ4v) is 4.47. The quantitative estimate of drug-likeness (QED) is 0.504. The zero-order valence-corrected chi connectivity index (χ0v) is 17.9. The lowest BCUT2D eigenvalue weighted by atomic mass is 10.1. The number of anilines is 2. The monoisotopic (exact) mass is 456 g/mol. The van der Waals surface area contributed by atoms with E-state index in [1.54, 1.807) is 24.5 Å². The van der Waals surface area contributed by atoms with Crippen LogP contribution in [0.2, 0.25) is 0 Å². The summed E-state index contributed by atoms with van der Waals surface area (Å²) in [5, 5.41) is 6.02. The van der Waals surface area contributed by atoms with Gasteiger partial charge in [0.05, 0.1) is 17.7 Å². The molecule has 0 radical (unpaired) electrons. The molecule has 1 aliphatic heterocycles. The van der Waals surface area contributed by atoms with Crippen LogP contribution in [0, 0.1) is 5.82 Å². The van der Waals surface area contributed by atoms with Gasteiger partial charge in [-0.25, -0.2) is 12.8 Å². The van der Waals surface area contributed by atoms with Gasteiger partial charge in [-0.1, -0.05) is 12.1 Å². The van der Waals surface area contributed by atoms with Crippen LogP contribution in [0.5, 0.6) is 5.75 Å². The molecule has 3 N–H and O–H groups in total. The van der Waals surface area contributed by atoms with Gasteiger partial charge in [0.25, 0.3) is 10.0 Å². The number of halogens is 1. The number of sulfonamides is 1. The van der Waals surface area contributed by atoms with E-state index in [-0.39, 0.29) is 34.8 Å². The van der Waals surface area contributed by atoms with Gasteiger partial charge in [0.1, 0.15) is 17.6 Å². The van der Waals surface area contributed by atoms with Crippen LogP contribution in [0.1, 0.15) is 11.1 Å². The molecule has 0 bridgehead atoms. The van der Waals surface area contributed by atoms with Crippen molar-refractivity contribution in [2.45, 2.75) is 23.9 Å². The normalized spacial score (nSPS) is 14.9. The van der Waals surface area contributed by atoms with E-state index >= 15 is 0 Å². The largest absolute Gasteiger partial charge is 0.494 e. The van der Waals surface area contributed by atoms with E-state index < -0.39 is 15.8 Å². The van der Waals surface area contributed by atoms with E-state index in [2.05, 4.69) is 20.3 Å². The van der Waals surface area contributed by atoms with Crippen LogP contribution in [-0.4, -0.2) is 32.5 Å². The molecule has 166 valence electrons. The second-order valence-corrected chi connectivity index (χ2v) is 8.93. The summed E-state index contributed by atoms with van der Waals surface area (Å²) in [7, 11) is -2.58. The lowest BCUT2D eigenvalue weighted by molar-refractivity contribution is -0.121. The van der Waals surface area contributed by atoms with Crippen molar-refractivity contribution in [3.63, 3.8) is 0 Å². The summed E-state index contributed by atoms with van der Waals surface area (Å²) in [5.74, 6) is -0.612. The fraction of sp³-hybridized carbons (Fsp3) is 0.182. The van der Waals surface area contributed by atoms with E-state index in [0.29, 0.717) is 6.42 Å². The molecule has 1 aromatic heterocycles. The Labute approximate surface area is 184 Å². The van der Waals surface area contributed by atoms with Crippen molar-refractivity contribution in [3.05, 3.63) is 77.9 Å². The van der Waals surface area contributed by atoms with E-state index in [9.17, 15) is 17.6 Å². The number of carbonyl (C=O) groups excluding carboxylic acids is 1. The summed E-state index contributed by atoms with van der Waals surface area (Å²) >= 11 is 0. The number of nitrogens with zero attached hydrogens (tertiary/aromatic N) is 1. The molecule has 0 saturated heterocycles. The first-order valence-electron chi connectivity index (χ1n) is 9.78. The maximum atomic E-state index is 13.3. The Hall–Kier alpha value is -3.66. The molecule has 10 heteroatoms. The minimum Gasteiger partial charge on any atom is -0.494 e. The minimum atomic E-state index is -3.91. The molecular weight excluding hydrogens is 435 g/mol. The highest BCUT2D eigenvalue weighted by Gasteiger charge is 2.26. The van der Waals surface area contributed by atoms with Crippen LogP contribution in [0.15, 0.2) is 65.8 Å². The predicted molar refractivity (Wildman–Crippen MR) is 117 cm³/mol. The van der Waals surface area contributed by atoms with Crippen LogP contribution < -0.4 is 20.1 Å². The molecule has 1 amide bonds. The zero-order valence-electron chi connectivity index (χ0n) is 17.1. The molecule has 2 heterocycles. The maximum absolute atomic E-state index is 13.3. The van der Waals surface area contributed by atoms with Gasteiger partial charge in [0, 0.05) is 37.1 Å². The Bertz CT molecular complexity index is 1220. The number of ether oxygens (including phenoxy) is 1. The first-order valence-corrected chi connectivity index (χ1v) is 11.3. The van der Waals surface area contributed by atoms with Crippen molar-refractivity contribution < 1.29 is 22.3 Å². The number of aromatic nitrogens is 1. The van der Waals surface area contributed by atoms with Gasteiger partial charge in [0.15, 0.2) is 0 Å². The molecule has 32 heavy (non-hydrogen) atoms. The van der Waals surface area contributed by atoms with Gasteiger partial charge >= 0.3 is 0 Å². The van der Waals surface area contributed by atoms with Crippen LogP contribution in [0.4, 0.5) is 15.8 Å². The van der Waals surface area contributed by atoms with Crippen LogP contribution >= 0.6 is 0 Å². The Morgan fingerprint density at radius 1 is 1.22 bits per heavy atom. The molecule has 0 fully saturated rings. The number of amides is 1. The Kier molecular flexibility index (Phi) is 5.95. The number of hydrogen-bond acceptors (Lipinski definition) is 6. The standard InChI is InChI=1S/C22H21FN4O4S/c1-31-21-11-16(23)4-7-19(21)27-32(29,30)17-5-2-14(3-6-17)12-25-22(28)20-10-15-13-24-9-8-18(15)26-20/h2-9,11,13,20,26-27H,10,12H2,1H3,(H,25,28). The van der Waals surface area contributed by atoms with Gasteiger partial charge in [-0.15, -0.1) is 0 Å². The number of fused-ring (bicyclic) bond motifs is 1.